The molecule has 7 heteroatoms. The number of unbranched alkanes of at least 4 members (excludes halogenated alkanes) is 1. The highest BCUT2D eigenvalue weighted by molar-refractivity contribution is 7.16. The summed E-state index contributed by atoms with van der Waals surface area (Å²) in [5, 5.41) is 0. The van der Waals surface area contributed by atoms with Crippen molar-refractivity contribution in [3.63, 3.8) is 0 Å². The van der Waals surface area contributed by atoms with Gasteiger partial charge in [-0.25, -0.2) is 0 Å². The fraction of sp³-hybridized carbons (Fsp3) is 0.280. The number of rotatable bonds is 6. The van der Waals surface area contributed by atoms with Gasteiger partial charge in [-0.3, -0.25) is 19.3 Å². The van der Waals surface area contributed by atoms with E-state index in [-0.39, 0.29) is 24.7 Å². The van der Waals surface area contributed by atoms with E-state index in [1.807, 2.05) is 10.6 Å². The van der Waals surface area contributed by atoms with E-state index >= 15 is 0 Å². The molecule has 0 aliphatic carbocycles. The highest BCUT2D eigenvalue weighted by Gasteiger charge is 2.30. The van der Waals surface area contributed by atoms with Crippen molar-refractivity contribution in [3.05, 3.63) is 58.4 Å². The Labute approximate surface area is 190 Å². The Balaban J connectivity index is 1.66. The second-order valence-corrected chi connectivity index (χ2v) is 8.68. The summed E-state index contributed by atoms with van der Waals surface area (Å²) < 4.78 is 2.92. The second kappa shape index (κ2) is 9.33. The molecule has 1 saturated heterocycles. The number of aryl methyl sites for hydroxylation is 1. The van der Waals surface area contributed by atoms with Crippen molar-refractivity contribution in [1.82, 2.24) is 4.57 Å². The van der Waals surface area contributed by atoms with Crippen molar-refractivity contribution in [2.45, 2.75) is 45.6 Å². The first kappa shape index (κ1) is 21.7. The van der Waals surface area contributed by atoms with Crippen LogP contribution in [0.25, 0.3) is 10.2 Å². The summed E-state index contributed by atoms with van der Waals surface area (Å²) in [5.74, 6) is 1.79. The number of imide groups is 1. The normalized spacial score (nSPS) is 14.4. The standard InChI is InChI=1S/C25H23N3O3S/c1-3-5-6-17-7-12-20-21(16-17)32-25(27(20)15-4-2)26-24(31)18-8-10-19(11-9-18)28-22(29)13-14-23(28)30/h2,7-12,16H,3,5-6,13-15H2,1H3. The summed E-state index contributed by atoms with van der Waals surface area (Å²) in [5.41, 5.74) is 3.06. The van der Waals surface area contributed by atoms with Gasteiger partial charge < -0.3 is 4.57 Å². The molecule has 0 atom stereocenters. The maximum absolute atomic E-state index is 12.8. The van der Waals surface area contributed by atoms with Crippen LogP contribution in [-0.4, -0.2) is 22.3 Å². The van der Waals surface area contributed by atoms with Crippen LogP contribution < -0.4 is 9.70 Å². The molecule has 4 rings (SSSR count). The molecule has 0 bridgehead atoms. The molecule has 0 N–H and O–H groups in total. The molecule has 0 radical (unpaired) electrons. The van der Waals surface area contributed by atoms with Gasteiger partial charge in [0.05, 0.1) is 22.4 Å². The largest absolute Gasteiger partial charge is 0.305 e. The number of benzene rings is 2. The molecule has 1 aromatic heterocycles. The van der Waals surface area contributed by atoms with E-state index < -0.39 is 5.91 Å². The summed E-state index contributed by atoms with van der Waals surface area (Å²) in [6.07, 6.45) is 9.27. The first-order valence-corrected chi connectivity index (χ1v) is 11.4. The number of amides is 3. The number of terminal acetylenes is 1. The van der Waals surface area contributed by atoms with Crippen molar-refractivity contribution in [1.29, 1.82) is 0 Å². The van der Waals surface area contributed by atoms with Gasteiger partial charge in [0.15, 0.2) is 4.80 Å². The van der Waals surface area contributed by atoms with Gasteiger partial charge in [0.1, 0.15) is 0 Å². The van der Waals surface area contributed by atoms with Crippen LogP contribution in [0.15, 0.2) is 47.5 Å². The van der Waals surface area contributed by atoms with E-state index in [4.69, 9.17) is 6.42 Å². The molecule has 0 unspecified atom stereocenters. The van der Waals surface area contributed by atoms with Gasteiger partial charge in [-0.2, -0.15) is 4.99 Å². The molecule has 2 aromatic carbocycles. The van der Waals surface area contributed by atoms with Crippen molar-refractivity contribution in [2.24, 2.45) is 4.99 Å². The van der Waals surface area contributed by atoms with E-state index in [2.05, 4.69) is 30.0 Å². The first-order chi connectivity index (χ1) is 15.5. The fourth-order valence-corrected chi connectivity index (χ4v) is 4.84. The van der Waals surface area contributed by atoms with E-state index in [1.165, 1.54) is 16.9 Å². The van der Waals surface area contributed by atoms with Gasteiger partial charge in [-0.15, -0.1) is 6.42 Å². The van der Waals surface area contributed by atoms with Gasteiger partial charge >= 0.3 is 0 Å². The summed E-state index contributed by atoms with van der Waals surface area (Å²) in [4.78, 5) is 42.7. The number of hydrogen-bond donors (Lipinski definition) is 0. The number of hydrogen-bond acceptors (Lipinski definition) is 4. The van der Waals surface area contributed by atoms with Crippen LogP contribution in [-0.2, 0) is 22.6 Å². The zero-order chi connectivity index (χ0) is 22.7. The Hall–Kier alpha value is -3.50. The maximum atomic E-state index is 12.8. The van der Waals surface area contributed by atoms with Crippen LogP contribution in [0.5, 0.6) is 0 Å². The highest BCUT2D eigenvalue weighted by Crippen LogP contribution is 2.23. The maximum Gasteiger partial charge on any atom is 0.279 e. The molecule has 1 aliphatic heterocycles. The molecular weight excluding hydrogens is 422 g/mol. The lowest BCUT2D eigenvalue weighted by Gasteiger charge is -2.13. The first-order valence-electron chi connectivity index (χ1n) is 10.6. The minimum atomic E-state index is -0.404. The zero-order valence-electron chi connectivity index (χ0n) is 17.8. The predicted octanol–water partition coefficient (Wildman–Crippen LogP) is 4.07. The molecule has 32 heavy (non-hydrogen) atoms. The second-order valence-electron chi connectivity index (χ2n) is 7.67. The minimum absolute atomic E-state index is 0.218. The summed E-state index contributed by atoms with van der Waals surface area (Å²) in [6.45, 7) is 2.49. The molecule has 3 aromatic rings. The molecule has 6 nitrogen and oxygen atoms in total. The lowest BCUT2D eigenvalue weighted by Crippen LogP contribution is -2.28. The number of thiazole rings is 1. The number of fused-ring (bicyclic) bond motifs is 1. The molecule has 1 aliphatic rings. The molecule has 162 valence electrons. The predicted molar refractivity (Wildman–Crippen MR) is 125 cm³/mol. The third kappa shape index (κ3) is 4.27. The SMILES string of the molecule is C#CCn1c(=NC(=O)c2ccc(N3C(=O)CCC3=O)cc2)sc2cc(CCCC)ccc21. The number of carbonyl (C=O) groups excluding carboxylic acids is 3. The molecule has 3 amide bonds. The Morgan fingerprint density at radius 3 is 2.50 bits per heavy atom. The average molecular weight is 446 g/mol. The van der Waals surface area contributed by atoms with Crippen LogP contribution in [0, 0.1) is 12.3 Å². The Bertz CT molecular complexity index is 1290. The van der Waals surface area contributed by atoms with E-state index in [0.29, 0.717) is 22.6 Å². The molecule has 0 spiro atoms. The topological polar surface area (TPSA) is 71.7 Å². The van der Waals surface area contributed by atoms with Crippen LogP contribution in [0.3, 0.4) is 0 Å². The molecule has 1 fully saturated rings. The Morgan fingerprint density at radius 2 is 1.84 bits per heavy atom. The number of carbonyl (C=O) groups is 3. The third-order valence-electron chi connectivity index (χ3n) is 5.44. The van der Waals surface area contributed by atoms with Gasteiger partial charge in [0.2, 0.25) is 11.8 Å². The number of aromatic nitrogens is 1. The zero-order valence-corrected chi connectivity index (χ0v) is 18.7. The molecule has 0 saturated carbocycles. The fourth-order valence-electron chi connectivity index (χ4n) is 3.75. The lowest BCUT2D eigenvalue weighted by atomic mass is 10.1. The minimum Gasteiger partial charge on any atom is -0.305 e. The monoisotopic (exact) mass is 445 g/mol. The van der Waals surface area contributed by atoms with Gasteiger partial charge in [-0.1, -0.05) is 36.7 Å². The van der Waals surface area contributed by atoms with Crippen molar-refractivity contribution in [3.8, 4) is 12.3 Å². The lowest BCUT2D eigenvalue weighted by molar-refractivity contribution is -0.121. The van der Waals surface area contributed by atoms with Crippen LogP contribution in [0.1, 0.15) is 48.5 Å². The average Bonchev–Trinajstić information content (AvgIpc) is 3.31. The van der Waals surface area contributed by atoms with E-state index in [9.17, 15) is 14.4 Å². The third-order valence-corrected chi connectivity index (χ3v) is 6.48. The Morgan fingerprint density at radius 1 is 1.12 bits per heavy atom. The van der Waals surface area contributed by atoms with Crippen molar-refractivity contribution in [2.75, 3.05) is 4.90 Å². The summed E-state index contributed by atoms with van der Waals surface area (Å²) >= 11 is 1.44. The summed E-state index contributed by atoms with van der Waals surface area (Å²) in [7, 11) is 0. The number of nitrogens with zero attached hydrogens (tertiary/aromatic N) is 3. The van der Waals surface area contributed by atoms with E-state index in [1.54, 1.807) is 24.3 Å². The van der Waals surface area contributed by atoms with Gasteiger partial charge in [-0.05, 0) is 54.8 Å². The quantitative estimate of drug-likeness (QED) is 0.424. The Kier molecular flexibility index (Phi) is 6.33. The molecular formula is C25H23N3O3S. The van der Waals surface area contributed by atoms with Crippen molar-refractivity contribution >= 4 is 45.0 Å². The van der Waals surface area contributed by atoms with Crippen LogP contribution in [0.4, 0.5) is 5.69 Å². The molecule has 2 heterocycles. The van der Waals surface area contributed by atoms with Gasteiger partial charge in [0, 0.05) is 18.4 Å². The van der Waals surface area contributed by atoms with Crippen LogP contribution >= 0.6 is 11.3 Å². The summed E-state index contributed by atoms with van der Waals surface area (Å²) in [6, 6.07) is 12.7. The van der Waals surface area contributed by atoms with Crippen LogP contribution in [0.2, 0.25) is 0 Å². The highest BCUT2D eigenvalue weighted by atomic mass is 32.1. The smallest absolute Gasteiger partial charge is 0.279 e. The number of anilines is 1. The van der Waals surface area contributed by atoms with Gasteiger partial charge in [0.25, 0.3) is 5.91 Å². The van der Waals surface area contributed by atoms with E-state index in [0.717, 1.165) is 34.4 Å². The van der Waals surface area contributed by atoms with Crippen molar-refractivity contribution < 1.29 is 14.4 Å².